The highest BCUT2D eigenvalue weighted by atomic mass is 32.2. The van der Waals surface area contributed by atoms with E-state index in [0.29, 0.717) is 41.3 Å². The summed E-state index contributed by atoms with van der Waals surface area (Å²) < 4.78 is 19.6. The lowest BCUT2D eigenvalue weighted by molar-refractivity contribution is -0.113. The average Bonchev–Trinajstić information content (AvgIpc) is 2.70. The molecule has 3 rings (SSSR count). The summed E-state index contributed by atoms with van der Waals surface area (Å²) in [7, 11) is 1.61. The number of halogens is 1. The summed E-state index contributed by atoms with van der Waals surface area (Å²) >= 11 is 1.19. The minimum absolute atomic E-state index is 0.0758. The number of carbonyl (C=O) groups is 1. The average molecular weight is 401 g/mol. The van der Waals surface area contributed by atoms with Crippen LogP contribution in [0.15, 0.2) is 58.5 Å². The maximum Gasteiger partial charge on any atom is 0.262 e. The number of amides is 1. The normalized spacial score (nSPS) is 10.9. The van der Waals surface area contributed by atoms with Crippen LogP contribution in [0.5, 0.6) is 0 Å². The molecule has 3 aromatic rings. The Morgan fingerprint density at radius 2 is 1.96 bits per heavy atom. The number of benzene rings is 2. The third-order valence-electron chi connectivity index (χ3n) is 4.02. The number of hydrogen-bond donors (Lipinski definition) is 1. The van der Waals surface area contributed by atoms with Gasteiger partial charge in [0.05, 0.1) is 16.7 Å². The van der Waals surface area contributed by atoms with Crippen molar-refractivity contribution in [2.45, 2.75) is 18.1 Å². The third kappa shape index (κ3) is 4.96. The Hall–Kier alpha value is -2.71. The zero-order valence-corrected chi connectivity index (χ0v) is 16.2. The molecule has 0 saturated heterocycles. The maximum atomic E-state index is 13.0. The van der Waals surface area contributed by atoms with Crippen LogP contribution in [0.2, 0.25) is 0 Å². The predicted molar refractivity (Wildman–Crippen MR) is 108 cm³/mol. The van der Waals surface area contributed by atoms with Crippen molar-refractivity contribution in [2.75, 3.05) is 24.8 Å². The second-order valence-corrected chi connectivity index (χ2v) is 7.00. The molecule has 1 N–H and O–H groups in total. The number of methoxy groups -OCH3 is 1. The van der Waals surface area contributed by atoms with Crippen molar-refractivity contribution in [3.05, 3.63) is 64.7 Å². The number of nitrogens with one attached hydrogen (secondary N) is 1. The van der Waals surface area contributed by atoms with Gasteiger partial charge in [-0.15, -0.1) is 0 Å². The summed E-state index contributed by atoms with van der Waals surface area (Å²) in [5.41, 5.74) is 0.969. The smallest absolute Gasteiger partial charge is 0.262 e. The van der Waals surface area contributed by atoms with Crippen molar-refractivity contribution < 1.29 is 13.9 Å². The van der Waals surface area contributed by atoms with Crippen molar-refractivity contribution in [1.82, 2.24) is 9.55 Å². The Bertz CT molecular complexity index is 1020. The number of hydrogen-bond acceptors (Lipinski definition) is 5. The second-order valence-electron chi connectivity index (χ2n) is 6.06. The maximum absolute atomic E-state index is 13.0. The van der Waals surface area contributed by atoms with E-state index in [0.717, 1.165) is 0 Å². The number of aromatic nitrogens is 2. The van der Waals surface area contributed by atoms with E-state index in [2.05, 4.69) is 10.3 Å². The van der Waals surface area contributed by atoms with Gasteiger partial charge in [0, 0.05) is 25.9 Å². The zero-order valence-electron chi connectivity index (χ0n) is 15.4. The van der Waals surface area contributed by atoms with Crippen LogP contribution in [-0.4, -0.2) is 34.9 Å². The Kier molecular flexibility index (Phi) is 6.78. The van der Waals surface area contributed by atoms with Crippen LogP contribution in [0.3, 0.4) is 0 Å². The highest BCUT2D eigenvalue weighted by molar-refractivity contribution is 7.99. The van der Waals surface area contributed by atoms with Gasteiger partial charge in [-0.2, -0.15) is 0 Å². The van der Waals surface area contributed by atoms with E-state index >= 15 is 0 Å². The van der Waals surface area contributed by atoms with E-state index in [-0.39, 0.29) is 23.0 Å². The quantitative estimate of drug-likeness (QED) is 0.356. The van der Waals surface area contributed by atoms with Gasteiger partial charge in [-0.1, -0.05) is 23.9 Å². The highest BCUT2D eigenvalue weighted by Crippen LogP contribution is 2.19. The highest BCUT2D eigenvalue weighted by Gasteiger charge is 2.13. The van der Waals surface area contributed by atoms with E-state index in [9.17, 15) is 14.0 Å². The number of carbonyl (C=O) groups excluding carboxylic acids is 1. The van der Waals surface area contributed by atoms with Gasteiger partial charge in [0.25, 0.3) is 5.56 Å². The van der Waals surface area contributed by atoms with E-state index in [1.165, 1.54) is 36.0 Å². The molecule has 0 bridgehead atoms. The van der Waals surface area contributed by atoms with Crippen molar-refractivity contribution in [3.63, 3.8) is 0 Å². The molecule has 28 heavy (non-hydrogen) atoms. The Balaban J connectivity index is 1.78. The summed E-state index contributed by atoms with van der Waals surface area (Å²) in [6, 6.07) is 12.7. The number of thioether (sulfide) groups is 1. The molecule has 2 aromatic carbocycles. The third-order valence-corrected chi connectivity index (χ3v) is 4.99. The van der Waals surface area contributed by atoms with E-state index < -0.39 is 0 Å². The standard InChI is InChI=1S/C20H20FN3O3S/c1-27-12-4-11-24-19(26)16-5-2-3-6-17(16)23-20(24)28-13-18(25)22-15-9-7-14(21)8-10-15/h2-3,5-10H,4,11-13H2,1H3,(H,22,25). The number of fused-ring (bicyclic) bond motifs is 1. The molecule has 146 valence electrons. The molecule has 0 aliphatic rings. The van der Waals surface area contributed by atoms with Crippen LogP contribution >= 0.6 is 11.8 Å². The Morgan fingerprint density at radius 3 is 2.71 bits per heavy atom. The second kappa shape index (κ2) is 9.48. The molecule has 1 aromatic heterocycles. The molecule has 6 nitrogen and oxygen atoms in total. The molecule has 0 fully saturated rings. The molecule has 8 heteroatoms. The molecule has 0 aliphatic heterocycles. The molecule has 0 spiro atoms. The SMILES string of the molecule is COCCCn1c(SCC(=O)Nc2ccc(F)cc2)nc2ccccc2c1=O. The van der Waals surface area contributed by atoms with Crippen molar-refractivity contribution in [2.24, 2.45) is 0 Å². The summed E-state index contributed by atoms with van der Waals surface area (Å²) in [5.74, 6) is -0.554. The van der Waals surface area contributed by atoms with Crippen LogP contribution in [-0.2, 0) is 16.1 Å². The summed E-state index contributed by atoms with van der Waals surface area (Å²) in [5, 5.41) is 3.72. The molecule has 0 aliphatic carbocycles. The largest absolute Gasteiger partial charge is 0.385 e. The molecular formula is C20H20FN3O3S. The van der Waals surface area contributed by atoms with Gasteiger partial charge in [-0.3, -0.25) is 14.2 Å². The van der Waals surface area contributed by atoms with E-state index in [1.54, 1.807) is 29.9 Å². The molecule has 0 saturated carbocycles. The van der Waals surface area contributed by atoms with Gasteiger partial charge in [-0.05, 0) is 42.8 Å². The first-order chi connectivity index (χ1) is 13.6. The van der Waals surface area contributed by atoms with Gasteiger partial charge >= 0.3 is 0 Å². The molecule has 1 amide bonds. The minimum atomic E-state index is -0.368. The van der Waals surface area contributed by atoms with Crippen molar-refractivity contribution in [1.29, 1.82) is 0 Å². The van der Waals surface area contributed by atoms with Crippen LogP contribution in [0.25, 0.3) is 10.9 Å². The van der Waals surface area contributed by atoms with Crippen LogP contribution in [0.1, 0.15) is 6.42 Å². The first kappa shape index (κ1) is 20.0. The minimum Gasteiger partial charge on any atom is -0.385 e. The van der Waals surface area contributed by atoms with Crippen LogP contribution in [0.4, 0.5) is 10.1 Å². The molecule has 0 unspecified atom stereocenters. The molecule has 0 atom stereocenters. The molecular weight excluding hydrogens is 381 g/mol. The van der Waals surface area contributed by atoms with E-state index in [1.807, 2.05) is 6.07 Å². The first-order valence-corrected chi connectivity index (χ1v) is 9.74. The fourth-order valence-electron chi connectivity index (χ4n) is 2.68. The van der Waals surface area contributed by atoms with Gasteiger partial charge in [-0.25, -0.2) is 9.37 Å². The van der Waals surface area contributed by atoms with Gasteiger partial charge < -0.3 is 10.1 Å². The van der Waals surface area contributed by atoms with Gasteiger partial charge in [0.15, 0.2) is 5.16 Å². The fourth-order valence-corrected chi connectivity index (χ4v) is 3.51. The van der Waals surface area contributed by atoms with Gasteiger partial charge in [0.1, 0.15) is 5.82 Å². The lowest BCUT2D eigenvalue weighted by Crippen LogP contribution is -2.25. The molecule has 1 heterocycles. The van der Waals surface area contributed by atoms with Gasteiger partial charge in [0.2, 0.25) is 5.91 Å². The predicted octanol–water partition coefficient (Wildman–Crippen LogP) is 3.30. The van der Waals surface area contributed by atoms with Crippen molar-refractivity contribution >= 4 is 34.3 Å². The lowest BCUT2D eigenvalue weighted by atomic mass is 10.2. The number of nitrogens with zero attached hydrogens (tertiary/aromatic N) is 2. The van der Waals surface area contributed by atoms with E-state index in [4.69, 9.17) is 4.74 Å². The summed E-state index contributed by atoms with van der Waals surface area (Å²) in [4.78, 5) is 29.6. The number of ether oxygens (including phenoxy) is 1. The van der Waals surface area contributed by atoms with Crippen molar-refractivity contribution in [3.8, 4) is 0 Å². The topological polar surface area (TPSA) is 73.2 Å². The monoisotopic (exact) mass is 401 g/mol. The lowest BCUT2D eigenvalue weighted by Gasteiger charge is -2.13. The number of rotatable bonds is 8. The van der Waals surface area contributed by atoms with Crippen LogP contribution in [0, 0.1) is 5.82 Å². The summed E-state index contributed by atoms with van der Waals surface area (Å²) in [6.07, 6.45) is 0.658. The Morgan fingerprint density at radius 1 is 1.21 bits per heavy atom. The fraction of sp³-hybridized carbons (Fsp3) is 0.250. The summed E-state index contributed by atoms with van der Waals surface area (Å²) in [6.45, 7) is 0.973. The number of anilines is 1. The zero-order chi connectivity index (χ0) is 19.9. The Labute approximate surface area is 165 Å². The molecule has 0 radical (unpaired) electrons. The first-order valence-electron chi connectivity index (χ1n) is 8.75. The number of para-hydroxylation sites is 1. The van der Waals surface area contributed by atoms with Crippen LogP contribution < -0.4 is 10.9 Å².